The lowest BCUT2D eigenvalue weighted by molar-refractivity contribution is 0.0331. The maximum absolute atomic E-state index is 9.84. The molecule has 0 unspecified atom stereocenters. The minimum absolute atomic E-state index is 0.190. The molecule has 1 saturated heterocycles. The van der Waals surface area contributed by atoms with E-state index in [0.29, 0.717) is 11.6 Å². The number of benzene rings is 2. The summed E-state index contributed by atoms with van der Waals surface area (Å²) in [5.74, 6) is 1.64. The van der Waals surface area contributed by atoms with Crippen molar-refractivity contribution in [1.82, 2.24) is 19.7 Å². The van der Waals surface area contributed by atoms with E-state index in [-0.39, 0.29) is 5.75 Å². The van der Waals surface area contributed by atoms with Crippen LogP contribution in [-0.2, 0) is 11.3 Å². The molecule has 26 heavy (non-hydrogen) atoms. The third-order valence-corrected chi connectivity index (χ3v) is 4.55. The molecule has 0 atom stereocenters. The van der Waals surface area contributed by atoms with E-state index in [0.717, 1.165) is 49.2 Å². The maximum Gasteiger partial charge on any atom is 0.165 e. The van der Waals surface area contributed by atoms with Crippen molar-refractivity contribution < 1.29 is 9.84 Å². The van der Waals surface area contributed by atoms with E-state index in [1.165, 1.54) is 0 Å². The third-order valence-electron chi connectivity index (χ3n) is 4.30. The van der Waals surface area contributed by atoms with Gasteiger partial charge in [0.05, 0.1) is 25.4 Å². The Morgan fingerprint density at radius 3 is 2.58 bits per heavy atom. The summed E-state index contributed by atoms with van der Waals surface area (Å²) in [7, 11) is 0. The van der Waals surface area contributed by atoms with E-state index in [9.17, 15) is 5.11 Å². The number of morpholine rings is 1. The molecule has 1 N–H and O–H groups in total. The lowest BCUT2D eigenvalue weighted by atomic mass is 10.2. The van der Waals surface area contributed by atoms with Crippen LogP contribution in [0.5, 0.6) is 5.75 Å². The van der Waals surface area contributed by atoms with Crippen molar-refractivity contribution in [2.45, 2.75) is 6.54 Å². The van der Waals surface area contributed by atoms with Crippen LogP contribution >= 0.6 is 11.6 Å². The number of hydrogen-bond donors (Lipinski definition) is 1. The summed E-state index contributed by atoms with van der Waals surface area (Å²) in [6.45, 7) is 3.87. The van der Waals surface area contributed by atoms with Gasteiger partial charge in [-0.3, -0.25) is 4.90 Å². The maximum atomic E-state index is 9.84. The SMILES string of the molecule is Oc1cccc(-n2nc(CN3CCOCC3)nc2-c2ccc(Cl)cc2)c1. The van der Waals surface area contributed by atoms with E-state index >= 15 is 0 Å². The molecule has 0 amide bonds. The first-order valence-electron chi connectivity index (χ1n) is 8.50. The first kappa shape index (κ1) is 17.0. The van der Waals surface area contributed by atoms with E-state index in [4.69, 9.17) is 26.4 Å². The highest BCUT2D eigenvalue weighted by atomic mass is 35.5. The molecule has 0 saturated carbocycles. The summed E-state index contributed by atoms with van der Waals surface area (Å²) >= 11 is 6.02. The van der Waals surface area contributed by atoms with Crippen LogP contribution in [0.2, 0.25) is 5.02 Å². The average molecular weight is 371 g/mol. The number of rotatable bonds is 4. The topological polar surface area (TPSA) is 63.4 Å². The Bertz CT molecular complexity index is 889. The molecule has 7 heteroatoms. The van der Waals surface area contributed by atoms with Crippen molar-refractivity contribution in [2.75, 3.05) is 26.3 Å². The normalized spacial score (nSPS) is 15.3. The van der Waals surface area contributed by atoms with Gasteiger partial charge in [-0.2, -0.15) is 0 Å². The van der Waals surface area contributed by atoms with Gasteiger partial charge in [0.2, 0.25) is 0 Å². The van der Waals surface area contributed by atoms with Crippen molar-refractivity contribution >= 4 is 11.6 Å². The van der Waals surface area contributed by atoms with Crippen LogP contribution in [0.25, 0.3) is 17.1 Å². The number of ether oxygens (including phenoxy) is 1. The first-order valence-corrected chi connectivity index (χ1v) is 8.88. The van der Waals surface area contributed by atoms with E-state index in [1.807, 2.05) is 30.3 Å². The molecule has 3 aromatic rings. The van der Waals surface area contributed by atoms with Crippen LogP contribution < -0.4 is 0 Å². The average Bonchev–Trinajstić information content (AvgIpc) is 3.07. The molecule has 2 heterocycles. The number of aromatic hydroxyl groups is 1. The summed E-state index contributed by atoms with van der Waals surface area (Å²) in [6, 6.07) is 14.5. The Balaban J connectivity index is 1.73. The minimum Gasteiger partial charge on any atom is -0.508 e. The predicted molar refractivity (Wildman–Crippen MR) is 99.6 cm³/mol. The number of nitrogens with zero attached hydrogens (tertiary/aromatic N) is 4. The zero-order valence-corrected chi connectivity index (χ0v) is 14.9. The zero-order valence-electron chi connectivity index (χ0n) is 14.2. The molecule has 1 fully saturated rings. The Morgan fingerprint density at radius 2 is 1.85 bits per heavy atom. The largest absolute Gasteiger partial charge is 0.508 e. The van der Waals surface area contributed by atoms with Gasteiger partial charge >= 0.3 is 0 Å². The number of aromatic nitrogens is 3. The Morgan fingerprint density at radius 1 is 1.08 bits per heavy atom. The van der Waals surface area contributed by atoms with E-state index in [1.54, 1.807) is 22.9 Å². The molecule has 1 aromatic heterocycles. The molecule has 0 aliphatic carbocycles. The van der Waals surface area contributed by atoms with Gasteiger partial charge in [0.25, 0.3) is 0 Å². The van der Waals surface area contributed by atoms with Gasteiger partial charge < -0.3 is 9.84 Å². The molecule has 2 aromatic carbocycles. The first-order chi connectivity index (χ1) is 12.7. The molecule has 1 aliphatic heterocycles. The molecule has 1 aliphatic rings. The lowest BCUT2D eigenvalue weighted by Gasteiger charge is -2.25. The molecular formula is C19H19ClN4O2. The van der Waals surface area contributed by atoms with Gasteiger partial charge in [-0.25, -0.2) is 9.67 Å². The second kappa shape index (κ2) is 7.45. The summed E-state index contributed by atoms with van der Waals surface area (Å²) in [5.41, 5.74) is 1.68. The van der Waals surface area contributed by atoms with Gasteiger partial charge in [-0.1, -0.05) is 17.7 Å². The summed E-state index contributed by atoms with van der Waals surface area (Å²) in [5, 5.41) is 15.2. The van der Waals surface area contributed by atoms with Crippen LogP contribution in [0.3, 0.4) is 0 Å². The van der Waals surface area contributed by atoms with Crippen molar-refractivity contribution in [3.05, 3.63) is 59.4 Å². The monoisotopic (exact) mass is 370 g/mol. The van der Waals surface area contributed by atoms with Crippen LogP contribution in [0, 0.1) is 0 Å². The van der Waals surface area contributed by atoms with Gasteiger partial charge in [-0.15, -0.1) is 5.10 Å². The Kier molecular flexibility index (Phi) is 4.88. The summed E-state index contributed by atoms with van der Waals surface area (Å²) in [4.78, 5) is 7.03. The fourth-order valence-corrected chi connectivity index (χ4v) is 3.10. The van der Waals surface area contributed by atoms with Gasteiger partial charge in [0.1, 0.15) is 5.75 Å². The van der Waals surface area contributed by atoms with Crippen molar-refractivity contribution in [2.24, 2.45) is 0 Å². The predicted octanol–water partition coefficient (Wildman–Crippen LogP) is 3.13. The highest BCUT2D eigenvalue weighted by molar-refractivity contribution is 6.30. The lowest BCUT2D eigenvalue weighted by Crippen LogP contribution is -2.36. The van der Waals surface area contributed by atoms with Crippen LogP contribution in [-0.4, -0.2) is 51.1 Å². The molecule has 0 spiro atoms. The Labute approximate surface area is 156 Å². The minimum atomic E-state index is 0.190. The number of phenolic OH excluding ortho intramolecular Hbond substituents is 1. The third kappa shape index (κ3) is 3.72. The fourth-order valence-electron chi connectivity index (χ4n) is 2.97. The molecule has 4 rings (SSSR count). The second-order valence-electron chi connectivity index (χ2n) is 6.18. The molecule has 0 bridgehead atoms. The fraction of sp³-hybridized carbons (Fsp3) is 0.263. The van der Waals surface area contributed by atoms with Gasteiger partial charge in [-0.05, 0) is 36.4 Å². The standard InChI is InChI=1S/C19H19ClN4O2/c20-15-6-4-14(5-7-15)19-21-18(13-23-8-10-26-11-9-23)22-24(19)16-2-1-3-17(25)12-16/h1-7,12,25H,8-11,13H2. The summed E-state index contributed by atoms with van der Waals surface area (Å²) < 4.78 is 7.16. The Hall–Kier alpha value is -2.41. The second-order valence-corrected chi connectivity index (χ2v) is 6.62. The van der Waals surface area contributed by atoms with Gasteiger partial charge in [0.15, 0.2) is 11.6 Å². The number of hydrogen-bond acceptors (Lipinski definition) is 5. The van der Waals surface area contributed by atoms with E-state index < -0.39 is 0 Å². The van der Waals surface area contributed by atoms with Gasteiger partial charge in [0, 0.05) is 29.7 Å². The molecular weight excluding hydrogens is 352 g/mol. The number of phenols is 1. The smallest absolute Gasteiger partial charge is 0.165 e. The highest BCUT2D eigenvalue weighted by Gasteiger charge is 2.18. The molecule has 0 radical (unpaired) electrons. The molecule has 6 nitrogen and oxygen atoms in total. The van der Waals surface area contributed by atoms with Crippen LogP contribution in [0.15, 0.2) is 48.5 Å². The highest BCUT2D eigenvalue weighted by Crippen LogP contribution is 2.25. The quantitative estimate of drug-likeness (QED) is 0.764. The van der Waals surface area contributed by atoms with Crippen molar-refractivity contribution in [3.63, 3.8) is 0 Å². The number of halogens is 1. The van der Waals surface area contributed by atoms with Crippen LogP contribution in [0.4, 0.5) is 0 Å². The van der Waals surface area contributed by atoms with Crippen molar-refractivity contribution in [1.29, 1.82) is 0 Å². The van der Waals surface area contributed by atoms with E-state index in [2.05, 4.69) is 4.90 Å². The van der Waals surface area contributed by atoms with Crippen molar-refractivity contribution in [3.8, 4) is 22.8 Å². The van der Waals surface area contributed by atoms with Crippen LogP contribution in [0.1, 0.15) is 5.82 Å². The molecule has 134 valence electrons. The zero-order chi connectivity index (χ0) is 17.9. The summed E-state index contributed by atoms with van der Waals surface area (Å²) in [6.07, 6.45) is 0.